The van der Waals surface area contributed by atoms with E-state index in [4.69, 9.17) is 4.74 Å². The van der Waals surface area contributed by atoms with E-state index < -0.39 is 11.1 Å². The molecule has 0 atom stereocenters. The van der Waals surface area contributed by atoms with Gasteiger partial charge in [0.1, 0.15) is 6.54 Å². The number of thioether (sulfide) groups is 1. The Morgan fingerprint density at radius 1 is 1.06 bits per heavy atom. The molecule has 2 aliphatic rings. The van der Waals surface area contributed by atoms with Crippen molar-refractivity contribution >= 4 is 45.8 Å². The lowest BCUT2D eigenvalue weighted by atomic mass is 10.1. The molecular weight excluding hydrogens is 450 g/mol. The number of rotatable bonds is 5. The van der Waals surface area contributed by atoms with Gasteiger partial charge in [-0.1, -0.05) is 48.0 Å². The Kier molecular flexibility index (Phi) is 6.26. The van der Waals surface area contributed by atoms with E-state index in [-0.39, 0.29) is 12.5 Å². The predicted molar refractivity (Wildman–Crippen MR) is 132 cm³/mol. The molecule has 1 aromatic heterocycles. The number of imide groups is 1. The van der Waals surface area contributed by atoms with Crippen molar-refractivity contribution < 1.29 is 19.1 Å². The summed E-state index contributed by atoms with van der Waals surface area (Å²) in [7, 11) is 0. The summed E-state index contributed by atoms with van der Waals surface area (Å²) in [6, 6.07) is 16.4. The minimum Gasteiger partial charge on any atom is -0.378 e. The first-order valence-electron chi connectivity index (χ1n) is 11.2. The van der Waals surface area contributed by atoms with E-state index in [0.717, 1.165) is 33.1 Å². The van der Waals surface area contributed by atoms with E-state index in [2.05, 4.69) is 35.8 Å². The number of benzene rings is 2. The molecule has 3 aromatic rings. The Morgan fingerprint density at radius 2 is 1.79 bits per heavy atom. The predicted octanol–water partition coefficient (Wildman–Crippen LogP) is 3.89. The van der Waals surface area contributed by atoms with Crippen molar-refractivity contribution in [1.82, 2.24) is 14.4 Å². The highest BCUT2D eigenvalue weighted by atomic mass is 32.2. The molecule has 3 amide bonds. The van der Waals surface area contributed by atoms with E-state index in [1.165, 1.54) is 11.1 Å². The summed E-state index contributed by atoms with van der Waals surface area (Å²) >= 11 is 0.883. The topological polar surface area (TPSA) is 71.8 Å². The van der Waals surface area contributed by atoms with Gasteiger partial charge in [-0.2, -0.15) is 0 Å². The summed E-state index contributed by atoms with van der Waals surface area (Å²) in [5.41, 5.74) is 4.31. The summed E-state index contributed by atoms with van der Waals surface area (Å²) in [6.07, 6.45) is 3.77. The zero-order valence-corrected chi connectivity index (χ0v) is 19.7. The van der Waals surface area contributed by atoms with Gasteiger partial charge in [-0.05, 0) is 36.4 Å². The molecule has 2 aliphatic heterocycles. The third kappa shape index (κ3) is 4.51. The number of ether oxygens (including phenoxy) is 1. The molecule has 0 aliphatic carbocycles. The second-order valence-corrected chi connectivity index (χ2v) is 9.47. The van der Waals surface area contributed by atoms with Crippen molar-refractivity contribution in [2.75, 3.05) is 32.8 Å². The maximum atomic E-state index is 13.0. The number of hydrogen-bond acceptors (Lipinski definition) is 5. The number of para-hydroxylation sites is 1. The minimum absolute atomic E-state index is 0.235. The van der Waals surface area contributed by atoms with Gasteiger partial charge in [0, 0.05) is 42.3 Å². The Morgan fingerprint density at radius 3 is 2.56 bits per heavy atom. The quantitative estimate of drug-likeness (QED) is 0.524. The first-order valence-corrected chi connectivity index (χ1v) is 12.1. The largest absolute Gasteiger partial charge is 0.378 e. The molecule has 0 bridgehead atoms. The molecule has 0 unspecified atom stereocenters. The summed E-state index contributed by atoms with van der Waals surface area (Å²) in [4.78, 5) is 41.2. The molecule has 7 nitrogen and oxygen atoms in total. The van der Waals surface area contributed by atoms with Gasteiger partial charge < -0.3 is 14.2 Å². The van der Waals surface area contributed by atoms with Gasteiger partial charge in [-0.15, -0.1) is 0 Å². The van der Waals surface area contributed by atoms with Crippen molar-refractivity contribution in [3.8, 4) is 0 Å². The molecule has 3 heterocycles. The average Bonchev–Trinajstić information content (AvgIpc) is 3.33. The van der Waals surface area contributed by atoms with Crippen LogP contribution in [0.1, 0.15) is 16.7 Å². The summed E-state index contributed by atoms with van der Waals surface area (Å²) in [5.74, 6) is -0.659. The highest BCUT2D eigenvalue weighted by molar-refractivity contribution is 8.18. The number of carbonyl (C=O) groups excluding carboxylic acids is 3. The molecule has 5 rings (SSSR count). The number of hydrogen-bond donors (Lipinski definition) is 0. The minimum atomic E-state index is -0.424. The van der Waals surface area contributed by atoms with Gasteiger partial charge in [0.15, 0.2) is 0 Å². The maximum Gasteiger partial charge on any atom is 0.294 e. The van der Waals surface area contributed by atoms with Crippen LogP contribution in [0.25, 0.3) is 17.0 Å². The Hall–Kier alpha value is -3.36. The van der Waals surface area contributed by atoms with E-state index in [9.17, 15) is 14.4 Å². The molecule has 2 aromatic carbocycles. The molecule has 0 saturated carbocycles. The van der Waals surface area contributed by atoms with Crippen LogP contribution < -0.4 is 0 Å². The molecule has 2 fully saturated rings. The first-order chi connectivity index (χ1) is 16.5. The van der Waals surface area contributed by atoms with Crippen LogP contribution in [0, 0.1) is 6.92 Å². The second-order valence-electron chi connectivity index (χ2n) is 8.48. The van der Waals surface area contributed by atoms with Gasteiger partial charge in [0.25, 0.3) is 11.1 Å². The van der Waals surface area contributed by atoms with Crippen LogP contribution in [0.3, 0.4) is 0 Å². The molecule has 2 saturated heterocycles. The molecule has 0 radical (unpaired) electrons. The number of fused-ring (bicyclic) bond motifs is 1. The zero-order chi connectivity index (χ0) is 23.7. The van der Waals surface area contributed by atoms with E-state index in [1.807, 2.05) is 30.5 Å². The molecule has 0 spiro atoms. The summed E-state index contributed by atoms with van der Waals surface area (Å²) in [5, 5.41) is 0.590. The normalized spacial score (nSPS) is 17.9. The van der Waals surface area contributed by atoms with E-state index in [1.54, 1.807) is 11.0 Å². The summed E-state index contributed by atoms with van der Waals surface area (Å²) in [6.45, 7) is 4.42. The molecule has 0 N–H and O–H groups in total. The van der Waals surface area contributed by atoms with Crippen molar-refractivity contribution in [3.05, 3.63) is 76.3 Å². The Bertz CT molecular complexity index is 1290. The number of aromatic nitrogens is 1. The van der Waals surface area contributed by atoms with E-state index in [0.29, 0.717) is 37.8 Å². The smallest absolute Gasteiger partial charge is 0.294 e. The number of carbonyl (C=O) groups is 3. The maximum absolute atomic E-state index is 13.0. The average molecular weight is 476 g/mol. The second kappa shape index (κ2) is 9.48. The highest BCUT2D eigenvalue weighted by Gasteiger charge is 2.37. The highest BCUT2D eigenvalue weighted by Crippen LogP contribution is 2.34. The van der Waals surface area contributed by atoms with Crippen LogP contribution in [0.15, 0.2) is 59.6 Å². The van der Waals surface area contributed by atoms with Crippen LogP contribution in [-0.2, 0) is 20.9 Å². The molecule has 8 heteroatoms. The number of aryl methyl sites for hydroxylation is 1. The van der Waals surface area contributed by atoms with Gasteiger partial charge in [-0.25, -0.2) is 0 Å². The zero-order valence-electron chi connectivity index (χ0n) is 18.9. The van der Waals surface area contributed by atoms with Crippen LogP contribution in [-0.4, -0.2) is 64.3 Å². The van der Waals surface area contributed by atoms with Crippen molar-refractivity contribution in [2.24, 2.45) is 0 Å². The van der Waals surface area contributed by atoms with Gasteiger partial charge in [0.2, 0.25) is 5.91 Å². The third-order valence-corrected chi connectivity index (χ3v) is 7.02. The Balaban J connectivity index is 1.39. The van der Waals surface area contributed by atoms with Gasteiger partial charge >= 0.3 is 0 Å². The fourth-order valence-corrected chi connectivity index (χ4v) is 5.07. The van der Waals surface area contributed by atoms with Crippen LogP contribution in [0.5, 0.6) is 0 Å². The number of amides is 3. The third-order valence-electron chi connectivity index (χ3n) is 6.11. The van der Waals surface area contributed by atoms with E-state index >= 15 is 0 Å². The lowest BCUT2D eigenvalue weighted by Crippen LogP contribution is -2.46. The van der Waals surface area contributed by atoms with Crippen LogP contribution in [0.2, 0.25) is 0 Å². The fourth-order valence-electron chi connectivity index (χ4n) is 4.24. The first kappa shape index (κ1) is 22.4. The monoisotopic (exact) mass is 475 g/mol. The molecule has 34 heavy (non-hydrogen) atoms. The summed E-state index contributed by atoms with van der Waals surface area (Å²) < 4.78 is 7.42. The number of nitrogens with zero attached hydrogens (tertiary/aromatic N) is 3. The van der Waals surface area contributed by atoms with Crippen molar-refractivity contribution in [1.29, 1.82) is 0 Å². The Labute approximate surface area is 202 Å². The molecular formula is C26H25N3O4S. The lowest BCUT2D eigenvalue weighted by Gasteiger charge is -2.28. The van der Waals surface area contributed by atoms with Gasteiger partial charge in [0.05, 0.1) is 18.1 Å². The van der Waals surface area contributed by atoms with Crippen molar-refractivity contribution in [2.45, 2.75) is 13.5 Å². The standard InChI is InChI=1S/C26H25N3O4S/c1-18-6-8-19(9-7-18)15-28-16-20(21-4-2-3-5-22(21)28)14-23-25(31)29(26(32)34-23)17-24(30)27-10-12-33-13-11-27/h2-9,14,16H,10-13,15,17H2,1H3/b23-14+. The number of morpholine rings is 1. The van der Waals surface area contributed by atoms with Crippen molar-refractivity contribution in [3.63, 3.8) is 0 Å². The molecule has 174 valence electrons. The fraction of sp³-hybridized carbons (Fsp3) is 0.269. The SMILES string of the molecule is Cc1ccc(Cn2cc(/C=C3/SC(=O)N(CC(=O)N4CCOCC4)C3=O)c3ccccc32)cc1. The van der Waals surface area contributed by atoms with Gasteiger partial charge in [-0.3, -0.25) is 19.3 Å². The van der Waals surface area contributed by atoms with Crippen LogP contribution >= 0.6 is 11.8 Å². The van der Waals surface area contributed by atoms with Crippen LogP contribution in [0.4, 0.5) is 4.79 Å². The lowest BCUT2D eigenvalue weighted by molar-refractivity contribution is -0.139.